The van der Waals surface area contributed by atoms with E-state index in [1.807, 2.05) is 135 Å². The molecule has 0 atom stereocenters. The minimum Gasteiger partial charge on any atom is -0.391 e. The third kappa shape index (κ3) is 7.82. The van der Waals surface area contributed by atoms with Gasteiger partial charge in [-0.05, 0) is 59.7 Å². The van der Waals surface area contributed by atoms with Crippen molar-refractivity contribution in [1.82, 2.24) is 0 Å². The van der Waals surface area contributed by atoms with Gasteiger partial charge in [0.25, 0.3) is 0 Å². The van der Waals surface area contributed by atoms with E-state index in [-0.39, 0.29) is 18.2 Å². The zero-order valence-electron chi connectivity index (χ0n) is 24.7. The van der Waals surface area contributed by atoms with Crippen LogP contribution < -0.4 is 9.80 Å². The maximum atomic E-state index is 12.9. The number of Topliss-reactive ketones (excluding diaryl/α,β-unsaturated/α-hetero) is 2. The standard InChI is InChI=1S/C36H37N3O3/c1-6-23-42-37-36(30-11-7-26(8-12-30)24-34(40)28-15-19-32(20-16-28)38(2)3)31-13-9-27(10-14-31)25-35(41)29-17-21-33(22-18-29)39(4)5/h6-22H,1,23-25H2,2-5H3. The zero-order valence-corrected chi connectivity index (χ0v) is 24.7. The summed E-state index contributed by atoms with van der Waals surface area (Å²) < 4.78 is 0. The Kier molecular flexibility index (Phi) is 10.1. The Bertz CT molecular complexity index is 1420. The average Bonchev–Trinajstić information content (AvgIpc) is 3.00. The van der Waals surface area contributed by atoms with Gasteiger partial charge in [0.1, 0.15) is 12.3 Å². The predicted octanol–water partition coefficient (Wildman–Crippen LogP) is 6.62. The Morgan fingerprint density at radius 3 is 1.31 bits per heavy atom. The van der Waals surface area contributed by atoms with E-state index in [0.717, 1.165) is 33.6 Å². The molecule has 0 spiro atoms. The van der Waals surface area contributed by atoms with Gasteiger partial charge in [-0.2, -0.15) is 0 Å². The molecule has 0 heterocycles. The van der Waals surface area contributed by atoms with Crippen LogP contribution in [0.3, 0.4) is 0 Å². The largest absolute Gasteiger partial charge is 0.391 e. The quantitative estimate of drug-likeness (QED) is 0.0605. The van der Waals surface area contributed by atoms with Crippen LogP contribution in [0.4, 0.5) is 11.4 Å². The molecule has 0 N–H and O–H groups in total. The van der Waals surface area contributed by atoms with Gasteiger partial charge in [-0.1, -0.05) is 66.3 Å². The molecule has 0 amide bonds. The molecule has 4 aromatic carbocycles. The number of anilines is 2. The van der Waals surface area contributed by atoms with Gasteiger partial charge in [-0.3, -0.25) is 9.59 Å². The van der Waals surface area contributed by atoms with Crippen molar-refractivity contribution in [2.24, 2.45) is 5.16 Å². The minimum atomic E-state index is 0.0649. The molecular weight excluding hydrogens is 522 g/mol. The van der Waals surface area contributed by atoms with Crippen molar-refractivity contribution in [2.45, 2.75) is 12.8 Å². The first-order chi connectivity index (χ1) is 20.2. The third-order valence-electron chi connectivity index (χ3n) is 6.94. The van der Waals surface area contributed by atoms with Crippen LogP contribution in [0, 0.1) is 0 Å². The summed E-state index contributed by atoms with van der Waals surface area (Å²) in [5.74, 6) is 0.130. The molecule has 0 aliphatic heterocycles. The molecular formula is C36H37N3O3. The van der Waals surface area contributed by atoms with Gasteiger partial charge in [0.15, 0.2) is 11.6 Å². The summed E-state index contributed by atoms with van der Waals surface area (Å²) in [5, 5.41) is 4.38. The van der Waals surface area contributed by atoms with Crippen LogP contribution in [0.2, 0.25) is 0 Å². The van der Waals surface area contributed by atoms with Gasteiger partial charge in [0.2, 0.25) is 0 Å². The second kappa shape index (κ2) is 14.1. The lowest BCUT2D eigenvalue weighted by Gasteiger charge is -2.12. The summed E-state index contributed by atoms with van der Waals surface area (Å²) in [6.07, 6.45) is 2.25. The van der Waals surface area contributed by atoms with E-state index in [0.29, 0.717) is 29.7 Å². The number of rotatable bonds is 13. The molecule has 4 aromatic rings. The smallest absolute Gasteiger partial charge is 0.167 e. The van der Waals surface area contributed by atoms with Crippen LogP contribution >= 0.6 is 0 Å². The first-order valence-electron chi connectivity index (χ1n) is 13.9. The lowest BCUT2D eigenvalue weighted by Crippen LogP contribution is -2.10. The Morgan fingerprint density at radius 1 is 0.619 bits per heavy atom. The monoisotopic (exact) mass is 559 g/mol. The molecule has 0 fully saturated rings. The summed E-state index contributed by atoms with van der Waals surface area (Å²) in [5.41, 5.74) is 7.69. The van der Waals surface area contributed by atoms with E-state index < -0.39 is 0 Å². The summed E-state index contributed by atoms with van der Waals surface area (Å²) in [4.78, 5) is 35.2. The molecule has 0 aliphatic carbocycles. The van der Waals surface area contributed by atoms with Gasteiger partial charge in [0.05, 0.1) is 0 Å². The van der Waals surface area contributed by atoms with Crippen LogP contribution in [-0.2, 0) is 17.7 Å². The van der Waals surface area contributed by atoms with E-state index >= 15 is 0 Å². The van der Waals surface area contributed by atoms with Gasteiger partial charge < -0.3 is 14.6 Å². The number of carbonyl (C=O) groups is 2. The lowest BCUT2D eigenvalue weighted by atomic mass is 9.96. The molecule has 0 radical (unpaired) electrons. The first kappa shape index (κ1) is 30.0. The van der Waals surface area contributed by atoms with Gasteiger partial charge in [0, 0.05) is 74.7 Å². The zero-order chi connectivity index (χ0) is 30.1. The van der Waals surface area contributed by atoms with Gasteiger partial charge in [-0.15, -0.1) is 0 Å². The fourth-order valence-corrected chi connectivity index (χ4v) is 4.45. The van der Waals surface area contributed by atoms with Crippen molar-refractivity contribution in [1.29, 1.82) is 0 Å². The van der Waals surface area contributed by atoms with Crippen LogP contribution in [0.15, 0.2) is 115 Å². The number of nitrogens with zero attached hydrogens (tertiary/aromatic N) is 3. The molecule has 0 saturated carbocycles. The summed E-state index contributed by atoms with van der Waals surface area (Å²) in [6, 6.07) is 30.8. The highest BCUT2D eigenvalue weighted by atomic mass is 16.6. The Morgan fingerprint density at radius 2 is 0.976 bits per heavy atom. The molecule has 42 heavy (non-hydrogen) atoms. The van der Waals surface area contributed by atoms with Crippen molar-refractivity contribution in [3.63, 3.8) is 0 Å². The second-order valence-corrected chi connectivity index (χ2v) is 10.5. The average molecular weight is 560 g/mol. The van der Waals surface area contributed by atoms with Gasteiger partial charge >= 0.3 is 0 Å². The Labute approximate surface area is 248 Å². The number of oxime groups is 1. The Hall–Kier alpha value is -4.97. The highest BCUT2D eigenvalue weighted by Crippen LogP contribution is 2.19. The first-order valence-corrected chi connectivity index (χ1v) is 13.9. The summed E-state index contributed by atoms with van der Waals surface area (Å²) in [7, 11) is 7.89. The topological polar surface area (TPSA) is 62.2 Å². The molecule has 6 heteroatoms. The van der Waals surface area contributed by atoms with Crippen LogP contribution in [0.25, 0.3) is 0 Å². The van der Waals surface area contributed by atoms with E-state index in [9.17, 15) is 9.59 Å². The van der Waals surface area contributed by atoms with E-state index in [2.05, 4.69) is 11.7 Å². The number of hydrogen-bond donors (Lipinski definition) is 0. The maximum Gasteiger partial charge on any atom is 0.167 e. The lowest BCUT2D eigenvalue weighted by molar-refractivity contribution is 0.0985. The van der Waals surface area contributed by atoms with Crippen LogP contribution in [0.5, 0.6) is 0 Å². The van der Waals surface area contributed by atoms with Crippen molar-refractivity contribution in [3.05, 3.63) is 143 Å². The molecule has 0 bridgehead atoms. The van der Waals surface area contributed by atoms with Crippen molar-refractivity contribution < 1.29 is 14.4 Å². The number of ketones is 2. The van der Waals surface area contributed by atoms with Crippen LogP contribution in [-0.4, -0.2) is 52.1 Å². The summed E-state index contributed by atoms with van der Waals surface area (Å²) >= 11 is 0. The Balaban J connectivity index is 1.46. The minimum absolute atomic E-state index is 0.0649. The molecule has 214 valence electrons. The molecule has 0 unspecified atom stereocenters. The molecule has 0 aliphatic rings. The SMILES string of the molecule is C=CCON=C(c1ccc(CC(=O)c2ccc(N(C)C)cc2)cc1)c1ccc(CC(=O)c2ccc(N(C)C)cc2)cc1. The van der Waals surface area contributed by atoms with Gasteiger partial charge in [-0.25, -0.2) is 0 Å². The van der Waals surface area contributed by atoms with Crippen LogP contribution in [0.1, 0.15) is 43.0 Å². The van der Waals surface area contributed by atoms with Crippen molar-refractivity contribution >= 4 is 28.7 Å². The van der Waals surface area contributed by atoms with E-state index in [4.69, 9.17) is 4.84 Å². The van der Waals surface area contributed by atoms with E-state index in [1.54, 1.807) is 6.08 Å². The second-order valence-electron chi connectivity index (χ2n) is 10.5. The maximum absolute atomic E-state index is 12.9. The van der Waals surface area contributed by atoms with Crippen molar-refractivity contribution in [2.75, 3.05) is 44.6 Å². The fourth-order valence-electron chi connectivity index (χ4n) is 4.45. The molecule has 6 nitrogen and oxygen atoms in total. The number of hydrogen-bond acceptors (Lipinski definition) is 6. The predicted molar refractivity (Wildman–Crippen MR) is 172 cm³/mol. The highest BCUT2D eigenvalue weighted by molar-refractivity contribution is 6.12. The third-order valence-corrected chi connectivity index (χ3v) is 6.94. The molecule has 0 aromatic heterocycles. The molecule has 0 saturated heterocycles. The van der Waals surface area contributed by atoms with E-state index in [1.165, 1.54) is 0 Å². The van der Waals surface area contributed by atoms with Crippen molar-refractivity contribution in [3.8, 4) is 0 Å². The summed E-state index contributed by atoms with van der Waals surface area (Å²) in [6.45, 7) is 3.97. The normalized spacial score (nSPS) is 10.5. The highest BCUT2D eigenvalue weighted by Gasteiger charge is 2.13. The number of carbonyl (C=O) groups excluding carboxylic acids is 2. The number of benzene rings is 4. The fraction of sp³-hybridized carbons (Fsp3) is 0.194. The molecule has 4 rings (SSSR count).